The number of benzene rings is 2. The average molecular weight is 471 g/mol. The number of aryl methyl sites for hydroxylation is 1. The number of hydrogen-bond donors (Lipinski definition) is 3. The second-order valence-corrected chi connectivity index (χ2v) is 8.30. The summed E-state index contributed by atoms with van der Waals surface area (Å²) in [6, 6.07) is 17.7. The minimum Gasteiger partial charge on any atom is -0.325 e. The van der Waals surface area contributed by atoms with Gasteiger partial charge in [0.15, 0.2) is 5.16 Å². The maximum Gasteiger partial charge on any atom is 0.257 e. The van der Waals surface area contributed by atoms with Crippen LogP contribution in [0.5, 0.6) is 0 Å². The van der Waals surface area contributed by atoms with Crippen molar-refractivity contribution in [1.29, 1.82) is 0 Å². The van der Waals surface area contributed by atoms with Gasteiger partial charge in [0.05, 0.1) is 16.3 Å². The number of hydrogen-bond acceptors (Lipinski definition) is 6. The number of nitrogens with zero attached hydrogens (tertiary/aromatic N) is 3. The third-order valence-electron chi connectivity index (χ3n) is 4.08. The quantitative estimate of drug-likeness (QED) is 0.237. The summed E-state index contributed by atoms with van der Waals surface area (Å²) in [6.07, 6.45) is 0. The first-order valence-corrected chi connectivity index (χ1v) is 10.7. The Labute approximate surface area is 192 Å². The average Bonchev–Trinajstić information content (AvgIpc) is 3.14. The Morgan fingerprint density at radius 2 is 1.81 bits per heavy atom. The molecule has 0 spiro atoms. The van der Waals surface area contributed by atoms with E-state index in [0.717, 1.165) is 10.6 Å². The molecule has 2 aromatic heterocycles. The van der Waals surface area contributed by atoms with Gasteiger partial charge in [-0.1, -0.05) is 35.3 Å². The van der Waals surface area contributed by atoms with E-state index in [9.17, 15) is 4.79 Å². The lowest BCUT2D eigenvalue weighted by Gasteiger charge is -2.08. The molecule has 31 heavy (non-hydrogen) atoms. The minimum absolute atomic E-state index is 0.270. The highest BCUT2D eigenvalue weighted by Gasteiger charge is 2.11. The van der Waals surface area contributed by atoms with Crippen LogP contribution in [0.2, 0.25) is 10.2 Å². The SMILES string of the molecule is Cc1cc(Nc2cc(Cl)nc(Sc3ccc(NC(=O)c4ccccc4Cl)cc3)n2)[nH]n1. The summed E-state index contributed by atoms with van der Waals surface area (Å²) in [4.78, 5) is 22.0. The van der Waals surface area contributed by atoms with Crippen LogP contribution in [0.1, 0.15) is 16.1 Å². The fourth-order valence-corrected chi connectivity index (χ4v) is 3.91. The third kappa shape index (κ3) is 5.55. The first-order valence-electron chi connectivity index (χ1n) is 9.14. The first kappa shape index (κ1) is 21.2. The van der Waals surface area contributed by atoms with Gasteiger partial charge in [0.2, 0.25) is 0 Å². The van der Waals surface area contributed by atoms with Gasteiger partial charge >= 0.3 is 0 Å². The molecule has 0 fully saturated rings. The molecule has 0 bridgehead atoms. The fraction of sp³-hybridized carbons (Fsp3) is 0.0476. The zero-order chi connectivity index (χ0) is 21.8. The van der Waals surface area contributed by atoms with Gasteiger partial charge in [-0.25, -0.2) is 9.97 Å². The van der Waals surface area contributed by atoms with Gasteiger partial charge in [0.25, 0.3) is 5.91 Å². The van der Waals surface area contributed by atoms with E-state index in [4.69, 9.17) is 23.2 Å². The lowest BCUT2D eigenvalue weighted by molar-refractivity contribution is 0.102. The molecule has 2 aromatic carbocycles. The van der Waals surface area contributed by atoms with Crippen molar-refractivity contribution in [2.75, 3.05) is 10.6 Å². The Kier molecular flexibility index (Phi) is 6.41. The number of nitrogens with one attached hydrogen (secondary N) is 3. The number of H-pyrrole nitrogens is 1. The van der Waals surface area contributed by atoms with Gasteiger partial charge in [-0.15, -0.1) is 0 Å². The molecule has 4 aromatic rings. The van der Waals surface area contributed by atoms with Gasteiger partial charge in [0, 0.05) is 22.7 Å². The second-order valence-electron chi connectivity index (χ2n) is 6.47. The van der Waals surface area contributed by atoms with Crippen LogP contribution in [0.25, 0.3) is 0 Å². The summed E-state index contributed by atoms with van der Waals surface area (Å²) < 4.78 is 0. The fourth-order valence-electron chi connectivity index (χ4n) is 2.69. The van der Waals surface area contributed by atoms with Gasteiger partial charge in [-0.2, -0.15) is 5.10 Å². The summed E-state index contributed by atoms with van der Waals surface area (Å²) >= 11 is 13.6. The molecule has 0 aliphatic carbocycles. The molecule has 4 rings (SSSR count). The number of aromatic nitrogens is 4. The number of carbonyl (C=O) groups is 1. The highest BCUT2D eigenvalue weighted by atomic mass is 35.5. The summed E-state index contributed by atoms with van der Waals surface area (Å²) in [5, 5.41) is 14.1. The molecule has 2 heterocycles. The van der Waals surface area contributed by atoms with E-state index >= 15 is 0 Å². The molecule has 156 valence electrons. The van der Waals surface area contributed by atoms with Crippen LogP contribution in [-0.2, 0) is 0 Å². The summed E-state index contributed by atoms with van der Waals surface area (Å²) in [5.74, 6) is 0.991. The Balaban J connectivity index is 1.44. The van der Waals surface area contributed by atoms with Crippen molar-refractivity contribution in [3.05, 3.63) is 82.1 Å². The number of rotatable bonds is 6. The van der Waals surface area contributed by atoms with Crippen molar-refractivity contribution in [3.63, 3.8) is 0 Å². The molecule has 0 unspecified atom stereocenters. The van der Waals surface area contributed by atoms with Crippen molar-refractivity contribution in [3.8, 4) is 0 Å². The largest absolute Gasteiger partial charge is 0.325 e. The summed E-state index contributed by atoms with van der Waals surface area (Å²) in [6.45, 7) is 1.89. The van der Waals surface area contributed by atoms with Gasteiger partial charge in [0.1, 0.15) is 16.8 Å². The molecule has 0 saturated carbocycles. The monoisotopic (exact) mass is 470 g/mol. The van der Waals surface area contributed by atoms with E-state index in [0.29, 0.717) is 38.2 Å². The Morgan fingerprint density at radius 3 is 2.52 bits per heavy atom. The molecule has 0 saturated heterocycles. The molecule has 7 nitrogen and oxygen atoms in total. The lowest BCUT2D eigenvalue weighted by Crippen LogP contribution is -2.12. The third-order valence-corrected chi connectivity index (χ3v) is 5.48. The van der Waals surface area contributed by atoms with Gasteiger partial charge in [-0.3, -0.25) is 9.89 Å². The van der Waals surface area contributed by atoms with Crippen LogP contribution in [0.3, 0.4) is 0 Å². The van der Waals surface area contributed by atoms with E-state index < -0.39 is 0 Å². The van der Waals surface area contributed by atoms with E-state index in [-0.39, 0.29) is 5.91 Å². The Hall–Kier alpha value is -3.07. The highest BCUT2D eigenvalue weighted by Crippen LogP contribution is 2.29. The molecule has 1 amide bonds. The van der Waals surface area contributed by atoms with Crippen LogP contribution in [-0.4, -0.2) is 26.1 Å². The summed E-state index contributed by atoms with van der Waals surface area (Å²) in [7, 11) is 0. The lowest BCUT2D eigenvalue weighted by atomic mass is 10.2. The summed E-state index contributed by atoms with van der Waals surface area (Å²) in [5.41, 5.74) is 1.93. The highest BCUT2D eigenvalue weighted by molar-refractivity contribution is 7.99. The maximum absolute atomic E-state index is 12.4. The van der Waals surface area contributed by atoms with Crippen LogP contribution in [0.4, 0.5) is 17.3 Å². The minimum atomic E-state index is -0.270. The van der Waals surface area contributed by atoms with Crippen LogP contribution in [0.15, 0.2) is 70.7 Å². The smallest absolute Gasteiger partial charge is 0.257 e. The molecule has 0 aliphatic heterocycles. The normalized spacial score (nSPS) is 10.7. The number of anilines is 3. The molecule has 0 atom stereocenters. The Bertz CT molecular complexity index is 1230. The van der Waals surface area contributed by atoms with E-state index in [1.165, 1.54) is 11.8 Å². The van der Waals surface area contributed by atoms with Crippen molar-refractivity contribution >= 4 is 58.2 Å². The number of halogens is 2. The van der Waals surface area contributed by atoms with Crippen LogP contribution < -0.4 is 10.6 Å². The maximum atomic E-state index is 12.4. The van der Waals surface area contributed by atoms with E-state index in [2.05, 4.69) is 30.8 Å². The molecule has 0 radical (unpaired) electrons. The molecule has 0 aliphatic rings. The van der Waals surface area contributed by atoms with Crippen molar-refractivity contribution in [1.82, 2.24) is 20.2 Å². The zero-order valence-corrected chi connectivity index (χ0v) is 18.5. The Morgan fingerprint density at radius 1 is 1.03 bits per heavy atom. The number of carbonyl (C=O) groups excluding carboxylic acids is 1. The van der Waals surface area contributed by atoms with Crippen LogP contribution >= 0.6 is 35.0 Å². The predicted molar refractivity (Wildman–Crippen MR) is 124 cm³/mol. The molecular formula is C21H16Cl2N6OS. The molecule has 10 heteroatoms. The molecular weight excluding hydrogens is 455 g/mol. The molecule has 3 N–H and O–H groups in total. The standard InChI is InChI=1S/C21H16Cl2N6OS/c1-12-10-19(29-28-12)26-18-11-17(23)25-21(27-18)31-14-8-6-13(7-9-14)24-20(30)15-4-2-3-5-16(15)22/h2-11H,1H3,(H,24,30)(H2,25,26,27,28,29). The predicted octanol–water partition coefficient (Wildman–Crippen LogP) is 5.96. The van der Waals surface area contributed by atoms with Gasteiger partial charge < -0.3 is 10.6 Å². The van der Waals surface area contributed by atoms with E-state index in [1.807, 2.05) is 25.1 Å². The van der Waals surface area contributed by atoms with Crippen molar-refractivity contribution in [2.45, 2.75) is 17.0 Å². The van der Waals surface area contributed by atoms with Crippen LogP contribution in [0, 0.1) is 6.92 Å². The topological polar surface area (TPSA) is 95.6 Å². The zero-order valence-electron chi connectivity index (χ0n) is 16.2. The number of amides is 1. The first-order chi connectivity index (χ1) is 15.0. The van der Waals surface area contributed by atoms with Gasteiger partial charge in [-0.05, 0) is 55.1 Å². The van der Waals surface area contributed by atoms with Crippen molar-refractivity contribution < 1.29 is 4.79 Å². The second kappa shape index (κ2) is 9.38. The van der Waals surface area contributed by atoms with E-state index in [1.54, 1.807) is 42.5 Å². The van der Waals surface area contributed by atoms with Crippen molar-refractivity contribution in [2.24, 2.45) is 0 Å². The number of aromatic amines is 1.